The van der Waals surface area contributed by atoms with Crippen LogP contribution in [0.1, 0.15) is 13.8 Å². The Hall–Kier alpha value is 0.700. The van der Waals surface area contributed by atoms with E-state index < -0.39 is 0 Å². The molecule has 0 amide bonds. The smallest absolute Gasteiger partial charge is 0.191 e. The molecule has 0 aromatic rings. The van der Waals surface area contributed by atoms with E-state index in [1.807, 2.05) is 23.5 Å². The van der Waals surface area contributed by atoms with E-state index >= 15 is 0 Å². The van der Waals surface area contributed by atoms with Crippen LogP contribution in [0.25, 0.3) is 0 Å². The third-order valence-electron chi connectivity index (χ3n) is 2.30. The molecular weight excluding hydrogens is 365 g/mol. The minimum atomic E-state index is 0. The molecule has 6 heteroatoms. The fraction of sp³-hybridized carbons (Fsp3) is 0.909. The van der Waals surface area contributed by atoms with Crippen molar-refractivity contribution < 1.29 is 0 Å². The van der Waals surface area contributed by atoms with Gasteiger partial charge in [-0.1, -0.05) is 13.8 Å². The number of guanidine groups is 1. The minimum Gasteiger partial charge on any atom is -0.370 e. The van der Waals surface area contributed by atoms with E-state index in [0.29, 0.717) is 0 Å². The van der Waals surface area contributed by atoms with Crippen molar-refractivity contribution in [2.45, 2.75) is 13.8 Å². The monoisotopic (exact) mass is 389 g/mol. The maximum atomic E-state index is 5.95. The fourth-order valence-electron chi connectivity index (χ4n) is 1.44. The Morgan fingerprint density at radius 3 is 2.65 bits per heavy atom. The van der Waals surface area contributed by atoms with Gasteiger partial charge in [0.1, 0.15) is 0 Å². The largest absolute Gasteiger partial charge is 0.370 e. The van der Waals surface area contributed by atoms with E-state index in [2.05, 4.69) is 23.7 Å². The molecule has 102 valence electrons. The van der Waals surface area contributed by atoms with Crippen molar-refractivity contribution in [1.29, 1.82) is 0 Å². The maximum Gasteiger partial charge on any atom is 0.191 e. The van der Waals surface area contributed by atoms with E-state index in [-0.39, 0.29) is 24.0 Å². The Morgan fingerprint density at radius 2 is 2.06 bits per heavy atom. The molecule has 0 unspecified atom stereocenters. The van der Waals surface area contributed by atoms with Gasteiger partial charge in [-0.15, -0.1) is 24.0 Å². The van der Waals surface area contributed by atoms with E-state index in [1.165, 1.54) is 17.3 Å². The Morgan fingerprint density at radius 1 is 1.41 bits per heavy atom. The molecule has 1 fully saturated rings. The lowest BCUT2D eigenvalue weighted by molar-refractivity contribution is 0.456. The van der Waals surface area contributed by atoms with Crippen molar-refractivity contribution in [2.75, 3.05) is 42.6 Å². The Balaban J connectivity index is 0.00000256. The molecule has 1 aliphatic rings. The van der Waals surface area contributed by atoms with Crippen LogP contribution < -0.4 is 5.73 Å². The van der Waals surface area contributed by atoms with Crippen LogP contribution in [0.4, 0.5) is 0 Å². The Bertz CT molecular complexity index is 219. The Kier molecular flexibility index (Phi) is 11.0. The van der Waals surface area contributed by atoms with Gasteiger partial charge < -0.3 is 10.6 Å². The second-order valence-electron chi connectivity index (χ2n) is 4.31. The van der Waals surface area contributed by atoms with Gasteiger partial charge in [-0.25, -0.2) is 0 Å². The van der Waals surface area contributed by atoms with Crippen molar-refractivity contribution in [3.05, 3.63) is 0 Å². The highest BCUT2D eigenvalue weighted by Crippen LogP contribution is 2.09. The summed E-state index contributed by atoms with van der Waals surface area (Å²) in [5, 5.41) is 0. The lowest BCUT2D eigenvalue weighted by Gasteiger charge is -2.27. The molecule has 0 spiro atoms. The van der Waals surface area contributed by atoms with Crippen LogP contribution in [0, 0.1) is 5.92 Å². The second-order valence-corrected chi connectivity index (χ2v) is 6.68. The van der Waals surface area contributed by atoms with E-state index in [4.69, 9.17) is 5.73 Å². The van der Waals surface area contributed by atoms with Crippen molar-refractivity contribution in [2.24, 2.45) is 16.6 Å². The number of thioether (sulfide) groups is 2. The normalized spacial score (nSPS) is 17.1. The van der Waals surface area contributed by atoms with Gasteiger partial charge in [0, 0.05) is 30.3 Å². The number of hydrogen-bond acceptors (Lipinski definition) is 3. The van der Waals surface area contributed by atoms with Gasteiger partial charge in [0.15, 0.2) is 5.96 Å². The third kappa shape index (κ3) is 8.42. The number of halogens is 1. The van der Waals surface area contributed by atoms with Crippen LogP contribution in [0.2, 0.25) is 0 Å². The minimum absolute atomic E-state index is 0. The summed E-state index contributed by atoms with van der Waals surface area (Å²) in [6.45, 7) is 7.46. The fourth-order valence-corrected chi connectivity index (χ4v) is 3.20. The molecule has 2 N–H and O–H groups in total. The predicted molar refractivity (Wildman–Crippen MR) is 93.0 cm³/mol. The summed E-state index contributed by atoms with van der Waals surface area (Å²) in [6.07, 6.45) is 0. The number of nitrogens with zero attached hydrogens (tertiary/aromatic N) is 2. The first-order valence-electron chi connectivity index (χ1n) is 5.90. The summed E-state index contributed by atoms with van der Waals surface area (Å²) in [7, 11) is 0. The molecule has 1 rings (SSSR count). The number of rotatable bonds is 5. The van der Waals surface area contributed by atoms with E-state index in [9.17, 15) is 0 Å². The molecule has 0 aliphatic carbocycles. The standard InChI is InChI=1S/C11H23N3S2.HI/c1-10(2)9-16-6-3-13-11(12)14-4-7-15-8-5-14;/h10H,3-9H2,1-2H3,(H2,12,13);1H. The average Bonchev–Trinajstić information content (AvgIpc) is 2.29. The summed E-state index contributed by atoms with van der Waals surface area (Å²) in [4.78, 5) is 6.63. The number of nitrogens with two attached hydrogens (primary N) is 1. The van der Waals surface area contributed by atoms with Crippen LogP contribution in [0.5, 0.6) is 0 Å². The first-order valence-corrected chi connectivity index (χ1v) is 8.21. The van der Waals surface area contributed by atoms with Gasteiger partial charge in [0.25, 0.3) is 0 Å². The zero-order valence-electron chi connectivity index (χ0n) is 10.7. The molecule has 0 aromatic heterocycles. The zero-order valence-corrected chi connectivity index (χ0v) is 14.7. The van der Waals surface area contributed by atoms with Crippen LogP contribution in [-0.4, -0.2) is 53.5 Å². The van der Waals surface area contributed by atoms with Crippen molar-refractivity contribution >= 4 is 53.5 Å². The highest BCUT2D eigenvalue weighted by molar-refractivity contribution is 14.0. The van der Waals surface area contributed by atoms with E-state index in [1.54, 1.807) is 0 Å². The lowest BCUT2D eigenvalue weighted by Crippen LogP contribution is -2.42. The van der Waals surface area contributed by atoms with Crippen molar-refractivity contribution in [3.63, 3.8) is 0 Å². The summed E-state index contributed by atoms with van der Waals surface area (Å²) < 4.78 is 0. The summed E-state index contributed by atoms with van der Waals surface area (Å²) in [6, 6.07) is 0. The van der Waals surface area contributed by atoms with Gasteiger partial charge in [-0.2, -0.15) is 23.5 Å². The lowest BCUT2D eigenvalue weighted by atomic mass is 10.3. The SMILES string of the molecule is CC(C)CSCCN=C(N)N1CCSCC1.I. The molecule has 0 radical (unpaired) electrons. The molecule has 17 heavy (non-hydrogen) atoms. The van der Waals surface area contributed by atoms with Gasteiger partial charge >= 0.3 is 0 Å². The van der Waals surface area contributed by atoms with Gasteiger partial charge in [-0.3, -0.25) is 4.99 Å². The predicted octanol–water partition coefficient (Wildman–Crippen LogP) is 2.36. The Labute approximate surface area is 131 Å². The highest BCUT2D eigenvalue weighted by Gasteiger charge is 2.11. The topological polar surface area (TPSA) is 41.6 Å². The van der Waals surface area contributed by atoms with Crippen LogP contribution >= 0.6 is 47.5 Å². The van der Waals surface area contributed by atoms with E-state index in [0.717, 1.165) is 37.3 Å². The zero-order chi connectivity index (χ0) is 11.8. The van der Waals surface area contributed by atoms with Crippen molar-refractivity contribution in [3.8, 4) is 0 Å². The molecular formula is C11H24IN3S2. The van der Waals surface area contributed by atoms with Gasteiger partial charge in [0.2, 0.25) is 0 Å². The maximum absolute atomic E-state index is 5.95. The first-order chi connectivity index (χ1) is 7.70. The second kappa shape index (κ2) is 10.6. The summed E-state index contributed by atoms with van der Waals surface area (Å²) in [5.41, 5.74) is 5.95. The average molecular weight is 389 g/mol. The molecule has 3 nitrogen and oxygen atoms in total. The van der Waals surface area contributed by atoms with Crippen molar-refractivity contribution in [1.82, 2.24) is 4.90 Å². The number of aliphatic imine (C=N–C) groups is 1. The summed E-state index contributed by atoms with van der Waals surface area (Å²) >= 11 is 3.96. The molecule has 0 bridgehead atoms. The molecule has 1 aliphatic heterocycles. The molecule has 0 saturated carbocycles. The quantitative estimate of drug-likeness (QED) is 0.339. The molecule has 1 saturated heterocycles. The van der Waals surface area contributed by atoms with Crippen LogP contribution in [-0.2, 0) is 0 Å². The highest BCUT2D eigenvalue weighted by atomic mass is 127. The number of hydrogen-bond donors (Lipinski definition) is 1. The summed E-state index contributed by atoms with van der Waals surface area (Å²) in [5.74, 6) is 6.17. The molecule has 1 heterocycles. The third-order valence-corrected chi connectivity index (χ3v) is 4.61. The molecule has 0 aromatic carbocycles. The van der Waals surface area contributed by atoms with Gasteiger partial charge in [0.05, 0.1) is 6.54 Å². The first kappa shape index (κ1) is 17.7. The van der Waals surface area contributed by atoms with Gasteiger partial charge in [-0.05, 0) is 11.7 Å². The van der Waals surface area contributed by atoms with Crippen LogP contribution in [0.3, 0.4) is 0 Å². The van der Waals surface area contributed by atoms with Crippen LogP contribution in [0.15, 0.2) is 4.99 Å². The molecule has 0 atom stereocenters.